The fourth-order valence-electron chi connectivity index (χ4n) is 3.23. The molecule has 0 aromatic heterocycles. The summed E-state index contributed by atoms with van der Waals surface area (Å²) in [7, 11) is 1.55. The van der Waals surface area contributed by atoms with Crippen LogP contribution in [-0.4, -0.2) is 25.5 Å². The highest BCUT2D eigenvalue weighted by Crippen LogP contribution is 2.31. The van der Waals surface area contributed by atoms with Crippen LogP contribution in [0.2, 0.25) is 0 Å². The van der Waals surface area contributed by atoms with Crippen LogP contribution in [0.25, 0.3) is 0 Å². The molecule has 136 valence electrons. The van der Waals surface area contributed by atoms with E-state index in [0.29, 0.717) is 24.2 Å². The summed E-state index contributed by atoms with van der Waals surface area (Å²) in [6, 6.07) is 12.9. The van der Waals surface area contributed by atoms with Crippen molar-refractivity contribution >= 4 is 23.2 Å². The van der Waals surface area contributed by atoms with Gasteiger partial charge >= 0.3 is 0 Å². The van der Waals surface area contributed by atoms with Crippen molar-refractivity contribution in [1.82, 2.24) is 0 Å². The van der Waals surface area contributed by atoms with E-state index in [4.69, 9.17) is 4.74 Å². The lowest BCUT2D eigenvalue weighted by Gasteiger charge is -2.29. The molecule has 5 nitrogen and oxygen atoms in total. The first kappa shape index (κ1) is 18.0. The Kier molecular flexibility index (Phi) is 5.56. The smallest absolute Gasteiger partial charge is 0.259 e. The SMILES string of the molecule is CCCCN1C(=O)CCc2cc(NC(=O)c3ccccc3OC)ccc21. The normalized spacial score (nSPS) is 13.3. The van der Waals surface area contributed by atoms with Crippen molar-refractivity contribution in [2.24, 2.45) is 0 Å². The first-order valence-electron chi connectivity index (χ1n) is 9.01. The van der Waals surface area contributed by atoms with Crippen LogP contribution in [0.15, 0.2) is 42.5 Å². The van der Waals surface area contributed by atoms with Gasteiger partial charge in [0.2, 0.25) is 5.91 Å². The van der Waals surface area contributed by atoms with Crippen molar-refractivity contribution in [2.75, 3.05) is 23.9 Å². The molecule has 5 heteroatoms. The maximum Gasteiger partial charge on any atom is 0.259 e. The number of aryl methyl sites for hydroxylation is 1. The van der Waals surface area contributed by atoms with Gasteiger partial charge in [0.15, 0.2) is 0 Å². The van der Waals surface area contributed by atoms with Gasteiger partial charge in [-0.15, -0.1) is 0 Å². The topological polar surface area (TPSA) is 58.6 Å². The zero-order valence-corrected chi connectivity index (χ0v) is 15.2. The Morgan fingerprint density at radius 2 is 2.00 bits per heavy atom. The molecule has 0 bridgehead atoms. The second-order valence-electron chi connectivity index (χ2n) is 6.40. The minimum Gasteiger partial charge on any atom is -0.496 e. The number of anilines is 2. The third-order valence-corrected chi connectivity index (χ3v) is 4.62. The van der Waals surface area contributed by atoms with Crippen LogP contribution in [0.3, 0.4) is 0 Å². The molecule has 2 aromatic carbocycles. The number of nitrogens with one attached hydrogen (secondary N) is 1. The van der Waals surface area contributed by atoms with Gasteiger partial charge in [-0.1, -0.05) is 25.5 Å². The van der Waals surface area contributed by atoms with Gasteiger partial charge in [-0.05, 0) is 48.7 Å². The highest BCUT2D eigenvalue weighted by molar-refractivity contribution is 6.06. The van der Waals surface area contributed by atoms with E-state index in [9.17, 15) is 9.59 Å². The van der Waals surface area contributed by atoms with E-state index in [-0.39, 0.29) is 11.8 Å². The Morgan fingerprint density at radius 1 is 1.19 bits per heavy atom. The molecule has 1 heterocycles. The summed E-state index contributed by atoms with van der Waals surface area (Å²) < 4.78 is 5.25. The first-order valence-corrected chi connectivity index (χ1v) is 9.01. The molecule has 0 unspecified atom stereocenters. The van der Waals surface area contributed by atoms with Gasteiger partial charge < -0.3 is 15.0 Å². The van der Waals surface area contributed by atoms with E-state index in [0.717, 1.165) is 36.3 Å². The quantitative estimate of drug-likeness (QED) is 0.854. The minimum absolute atomic E-state index is 0.178. The van der Waals surface area contributed by atoms with Crippen LogP contribution in [0.1, 0.15) is 42.1 Å². The highest BCUT2D eigenvalue weighted by atomic mass is 16.5. The largest absolute Gasteiger partial charge is 0.496 e. The van der Waals surface area contributed by atoms with Crippen molar-refractivity contribution < 1.29 is 14.3 Å². The zero-order chi connectivity index (χ0) is 18.5. The first-order chi connectivity index (χ1) is 12.6. The van der Waals surface area contributed by atoms with Gasteiger partial charge in [-0.3, -0.25) is 9.59 Å². The fourth-order valence-corrected chi connectivity index (χ4v) is 3.23. The van der Waals surface area contributed by atoms with Crippen LogP contribution in [0, 0.1) is 0 Å². The Morgan fingerprint density at radius 3 is 2.77 bits per heavy atom. The Labute approximate surface area is 154 Å². The van der Waals surface area contributed by atoms with Crippen LogP contribution >= 0.6 is 0 Å². The summed E-state index contributed by atoms with van der Waals surface area (Å²) in [5.74, 6) is 0.508. The number of methoxy groups -OCH3 is 1. The van der Waals surface area contributed by atoms with E-state index in [1.54, 1.807) is 19.2 Å². The lowest BCUT2D eigenvalue weighted by atomic mass is 10.00. The summed E-state index contributed by atoms with van der Waals surface area (Å²) in [5.41, 5.74) is 3.28. The van der Waals surface area contributed by atoms with Crippen LogP contribution in [0.5, 0.6) is 5.75 Å². The predicted molar refractivity (Wildman–Crippen MR) is 103 cm³/mol. The molecule has 0 aliphatic carbocycles. The van der Waals surface area contributed by atoms with Gasteiger partial charge in [-0.2, -0.15) is 0 Å². The van der Waals surface area contributed by atoms with Gasteiger partial charge in [0.05, 0.1) is 12.7 Å². The number of hydrogen-bond acceptors (Lipinski definition) is 3. The van der Waals surface area contributed by atoms with E-state index >= 15 is 0 Å². The van der Waals surface area contributed by atoms with Gasteiger partial charge in [0.25, 0.3) is 5.91 Å². The molecule has 3 rings (SSSR count). The summed E-state index contributed by atoms with van der Waals surface area (Å²) >= 11 is 0. The van der Waals surface area contributed by atoms with E-state index < -0.39 is 0 Å². The lowest BCUT2D eigenvalue weighted by molar-refractivity contribution is -0.118. The maximum absolute atomic E-state index is 12.6. The average molecular weight is 352 g/mol. The highest BCUT2D eigenvalue weighted by Gasteiger charge is 2.24. The number of rotatable bonds is 6. The number of benzene rings is 2. The molecule has 2 aromatic rings. The molecule has 1 aliphatic rings. The minimum atomic E-state index is -0.211. The summed E-state index contributed by atoms with van der Waals surface area (Å²) in [6.45, 7) is 2.86. The molecule has 0 saturated heterocycles. The zero-order valence-electron chi connectivity index (χ0n) is 15.2. The number of amides is 2. The molecule has 0 spiro atoms. The summed E-state index contributed by atoms with van der Waals surface area (Å²) in [6.07, 6.45) is 3.25. The number of carbonyl (C=O) groups excluding carboxylic acids is 2. The monoisotopic (exact) mass is 352 g/mol. The predicted octanol–water partition coefficient (Wildman–Crippen LogP) is 4.03. The number of ether oxygens (including phenoxy) is 1. The second-order valence-corrected chi connectivity index (χ2v) is 6.40. The van der Waals surface area contributed by atoms with Crippen LogP contribution in [-0.2, 0) is 11.2 Å². The second kappa shape index (κ2) is 8.04. The van der Waals surface area contributed by atoms with Gasteiger partial charge in [0, 0.05) is 24.3 Å². The molecule has 26 heavy (non-hydrogen) atoms. The summed E-state index contributed by atoms with van der Waals surface area (Å²) in [4.78, 5) is 26.7. The number of carbonyl (C=O) groups is 2. The third kappa shape index (κ3) is 3.72. The number of hydrogen-bond donors (Lipinski definition) is 1. The Balaban J connectivity index is 1.81. The standard InChI is InChI=1S/C21H24N2O3/c1-3-4-13-23-18-11-10-16(14-15(18)9-12-20(23)24)22-21(25)17-7-5-6-8-19(17)26-2/h5-8,10-11,14H,3-4,9,12-13H2,1-2H3,(H,22,25). The van der Waals surface area contributed by atoms with Gasteiger partial charge in [-0.25, -0.2) is 0 Å². The molecule has 0 atom stereocenters. The number of fused-ring (bicyclic) bond motifs is 1. The van der Waals surface area contributed by atoms with E-state index in [2.05, 4.69) is 12.2 Å². The average Bonchev–Trinajstić information content (AvgIpc) is 2.67. The molecule has 0 radical (unpaired) electrons. The van der Waals surface area contributed by atoms with E-state index in [1.165, 1.54) is 0 Å². The molecular weight excluding hydrogens is 328 g/mol. The number of unbranched alkanes of at least 4 members (excludes halogenated alkanes) is 1. The molecule has 1 N–H and O–H groups in total. The maximum atomic E-state index is 12.6. The molecule has 0 fully saturated rings. The lowest BCUT2D eigenvalue weighted by Crippen LogP contribution is -2.35. The van der Waals surface area contributed by atoms with Crippen molar-refractivity contribution in [3.05, 3.63) is 53.6 Å². The van der Waals surface area contributed by atoms with Crippen molar-refractivity contribution in [2.45, 2.75) is 32.6 Å². The number of para-hydroxylation sites is 1. The molecule has 0 saturated carbocycles. The van der Waals surface area contributed by atoms with Crippen molar-refractivity contribution in [3.8, 4) is 5.75 Å². The summed E-state index contributed by atoms with van der Waals surface area (Å²) in [5, 5.41) is 2.93. The van der Waals surface area contributed by atoms with E-state index in [1.807, 2.05) is 35.2 Å². The van der Waals surface area contributed by atoms with Crippen molar-refractivity contribution in [3.63, 3.8) is 0 Å². The fraction of sp³-hybridized carbons (Fsp3) is 0.333. The Bertz CT molecular complexity index is 817. The van der Waals surface area contributed by atoms with Crippen LogP contribution < -0.4 is 15.0 Å². The Hall–Kier alpha value is -2.82. The molecular formula is C21H24N2O3. The third-order valence-electron chi connectivity index (χ3n) is 4.62. The number of nitrogens with zero attached hydrogens (tertiary/aromatic N) is 1. The molecule has 1 aliphatic heterocycles. The van der Waals surface area contributed by atoms with Crippen LogP contribution in [0.4, 0.5) is 11.4 Å². The molecule has 2 amide bonds. The van der Waals surface area contributed by atoms with Gasteiger partial charge in [0.1, 0.15) is 5.75 Å². The van der Waals surface area contributed by atoms with Crippen molar-refractivity contribution in [1.29, 1.82) is 0 Å².